The quantitative estimate of drug-likeness (QED) is 0.847. The number of aromatic nitrogens is 1. The molecule has 0 unspecified atom stereocenters. The van der Waals surface area contributed by atoms with Crippen LogP contribution in [0.25, 0.3) is 0 Å². The molecule has 0 saturated heterocycles. The number of para-hydroxylation sites is 1. The predicted molar refractivity (Wildman–Crippen MR) is 75.8 cm³/mol. The largest absolute Gasteiger partial charge is 0.492 e. The van der Waals surface area contributed by atoms with Crippen molar-refractivity contribution < 1.29 is 4.74 Å². The molecule has 0 aliphatic heterocycles. The summed E-state index contributed by atoms with van der Waals surface area (Å²) >= 11 is 0. The zero-order valence-corrected chi connectivity index (χ0v) is 10.7. The fourth-order valence-electron chi connectivity index (χ4n) is 1.67. The average molecular weight is 252 g/mol. The van der Waals surface area contributed by atoms with E-state index in [9.17, 15) is 0 Å². The summed E-state index contributed by atoms with van der Waals surface area (Å²) in [4.78, 5) is 4.08. The van der Waals surface area contributed by atoms with Crippen LogP contribution in [0.2, 0.25) is 0 Å². The number of nitrogens with two attached hydrogens (primary N) is 1. The summed E-state index contributed by atoms with van der Waals surface area (Å²) in [5.41, 5.74) is 7.42. The van der Waals surface area contributed by atoms with E-state index in [1.807, 2.05) is 42.6 Å². The van der Waals surface area contributed by atoms with Crippen molar-refractivity contribution in [2.75, 3.05) is 13.2 Å². The van der Waals surface area contributed by atoms with Crippen molar-refractivity contribution in [2.45, 2.75) is 6.42 Å². The van der Waals surface area contributed by atoms with E-state index in [-0.39, 0.29) is 0 Å². The van der Waals surface area contributed by atoms with Crippen molar-refractivity contribution >= 4 is 0 Å². The van der Waals surface area contributed by atoms with E-state index in [2.05, 4.69) is 16.8 Å². The normalized spacial score (nSPS) is 9.53. The number of benzene rings is 1. The van der Waals surface area contributed by atoms with E-state index in [1.54, 1.807) is 6.20 Å². The second kappa shape index (κ2) is 7.20. The number of ether oxygens (including phenoxy) is 1. The molecule has 2 N–H and O–H groups in total. The van der Waals surface area contributed by atoms with Gasteiger partial charge in [-0.25, -0.2) is 0 Å². The molecule has 0 spiro atoms. The molecule has 96 valence electrons. The van der Waals surface area contributed by atoms with Crippen LogP contribution in [0.4, 0.5) is 0 Å². The predicted octanol–water partition coefficient (Wildman–Crippen LogP) is 2.01. The zero-order valence-electron chi connectivity index (χ0n) is 10.7. The maximum absolute atomic E-state index is 5.77. The molecular formula is C16H16N2O. The van der Waals surface area contributed by atoms with Gasteiger partial charge in [0.1, 0.15) is 5.75 Å². The lowest BCUT2D eigenvalue weighted by molar-refractivity contribution is 0.321. The Bertz CT molecular complexity index is 570. The van der Waals surface area contributed by atoms with Crippen LogP contribution in [-0.2, 0) is 6.42 Å². The van der Waals surface area contributed by atoms with E-state index in [1.165, 1.54) is 0 Å². The molecular weight excluding hydrogens is 236 g/mol. The van der Waals surface area contributed by atoms with Gasteiger partial charge in [-0.2, -0.15) is 0 Å². The number of hydrogen-bond acceptors (Lipinski definition) is 3. The third kappa shape index (κ3) is 4.13. The fourth-order valence-corrected chi connectivity index (χ4v) is 1.67. The summed E-state index contributed by atoms with van der Waals surface area (Å²) < 4.78 is 5.77. The molecule has 0 amide bonds. The number of rotatable bonds is 4. The highest BCUT2D eigenvalue weighted by molar-refractivity contribution is 5.45. The Labute approximate surface area is 113 Å². The molecule has 19 heavy (non-hydrogen) atoms. The minimum atomic E-state index is 0.351. The van der Waals surface area contributed by atoms with Crippen molar-refractivity contribution in [3.05, 3.63) is 59.9 Å². The first kappa shape index (κ1) is 13.1. The standard InChI is InChI=1S/C16H16N2O/c17-10-3-7-15-6-1-2-8-16(15)19-12-9-14-5-4-11-18-13-14/h1-2,4-6,8,11,13H,9-10,12,17H2. The highest BCUT2D eigenvalue weighted by Gasteiger charge is 2.00. The molecule has 2 rings (SSSR count). The molecule has 1 heterocycles. The summed E-state index contributed by atoms with van der Waals surface area (Å²) in [5, 5.41) is 0. The van der Waals surface area contributed by atoms with Crippen LogP contribution in [-0.4, -0.2) is 18.1 Å². The first-order chi connectivity index (χ1) is 9.40. The summed E-state index contributed by atoms with van der Waals surface area (Å²) in [5.74, 6) is 6.65. The topological polar surface area (TPSA) is 48.1 Å². The Morgan fingerprint density at radius 1 is 1.16 bits per heavy atom. The molecule has 1 aromatic heterocycles. The monoisotopic (exact) mass is 252 g/mol. The zero-order chi connectivity index (χ0) is 13.3. The van der Waals surface area contributed by atoms with Crippen molar-refractivity contribution in [1.29, 1.82) is 0 Å². The molecule has 0 aliphatic carbocycles. The van der Waals surface area contributed by atoms with E-state index < -0.39 is 0 Å². The smallest absolute Gasteiger partial charge is 0.134 e. The van der Waals surface area contributed by atoms with E-state index in [0.717, 1.165) is 23.3 Å². The van der Waals surface area contributed by atoms with Gasteiger partial charge in [-0.15, -0.1) is 0 Å². The van der Waals surface area contributed by atoms with Crippen molar-refractivity contribution in [1.82, 2.24) is 4.98 Å². The minimum absolute atomic E-state index is 0.351. The van der Waals surface area contributed by atoms with Gasteiger partial charge in [0.2, 0.25) is 0 Å². The number of hydrogen-bond donors (Lipinski definition) is 1. The van der Waals surface area contributed by atoms with Crippen LogP contribution in [0, 0.1) is 11.8 Å². The summed E-state index contributed by atoms with van der Waals surface area (Å²) in [6.45, 7) is 0.955. The van der Waals surface area contributed by atoms with Gasteiger partial charge >= 0.3 is 0 Å². The molecule has 0 radical (unpaired) electrons. The maximum Gasteiger partial charge on any atom is 0.134 e. The van der Waals surface area contributed by atoms with Gasteiger partial charge in [0, 0.05) is 18.8 Å². The Balaban J connectivity index is 1.96. The van der Waals surface area contributed by atoms with E-state index >= 15 is 0 Å². The summed E-state index contributed by atoms with van der Waals surface area (Å²) in [6.07, 6.45) is 4.44. The van der Waals surface area contributed by atoms with Gasteiger partial charge in [0.25, 0.3) is 0 Å². The van der Waals surface area contributed by atoms with Crippen LogP contribution in [0.15, 0.2) is 48.8 Å². The molecule has 0 atom stereocenters. The molecule has 0 saturated carbocycles. The Morgan fingerprint density at radius 3 is 2.84 bits per heavy atom. The van der Waals surface area contributed by atoms with E-state index in [0.29, 0.717) is 13.2 Å². The van der Waals surface area contributed by atoms with Gasteiger partial charge in [-0.05, 0) is 23.8 Å². The lowest BCUT2D eigenvalue weighted by Crippen LogP contribution is -2.03. The fraction of sp³-hybridized carbons (Fsp3) is 0.188. The lowest BCUT2D eigenvalue weighted by Gasteiger charge is -2.07. The number of pyridine rings is 1. The third-order valence-corrected chi connectivity index (χ3v) is 2.58. The van der Waals surface area contributed by atoms with Crippen LogP contribution in [0.3, 0.4) is 0 Å². The second-order valence-corrected chi connectivity index (χ2v) is 3.96. The van der Waals surface area contributed by atoms with E-state index in [4.69, 9.17) is 10.5 Å². The molecule has 0 bridgehead atoms. The third-order valence-electron chi connectivity index (χ3n) is 2.58. The molecule has 0 fully saturated rings. The summed E-state index contributed by atoms with van der Waals surface area (Å²) in [7, 11) is 0. The number of nitrogens with zero attached hydrogens (tertiary/aromatic N) is 1. The molecule has 2 aromatic rings. The summed E-state index contributed by atoms with van der Waals surface area (Å²) in [6, 6.07) is 11.7. The second-order valence-electron chi connectivity index (χ2n) is 3.96. The SMILES string of the molecule is NCC#Cc1ccccc1OCCc1cccnc1. The Hall–Kier alpha value is -2.31. The van der Waals surface area contributed by atoms with Crippen LogP contribution >= 0.6 is 0 Å². The minimum Gasteiger partial charge on any atom is -0.492 e. The Morgan fingerprint density at radius 2 is 2.05 bits per heavy atom. The van der Waals surface area contributed by atoms with Crippen molar-refractivity contribution in [2.24, 2.45) is 5.73 Å². The van der Waals surface area contributed by atoms with Crippen LogP contribution in [0.5, 0.6) is 5.75 Å². The molecule has 1 aromatic carbocycles. The first-order valence-corrected chi connectivity index (χ1v) is 6.20. The van der Waals surface area contributed by atoms with Crippen molar-refractivity contribution in [3.63, 3.8) is 0 Å². The van der Waals surface area contributed by atoms with Crippen LogP contribution < -0.4 is 10.5 Å². The van der Waals surface area contributed by atoms with Gasteiger partial charge in [0.15, 0.2) is 0 Å². The maximum atomic E-state index is 5.77. The van der Waals surface area contributed by atoms with Crippen LogP contribution in [0.1, 0.15) is 11.1 Å². The van der Waals surface area contributed by atoms with Gasteiger partial charge in [0.05, 0.1) is 18.7 Å². The van der Waals surface area contributed by atoms with Gasteiger partial charge in [-0.3, -0.25) is 4.98 Å². The van der Waals surface area contributed by atoms with Crippen molar-refractivity contribution in [3.8, 4) is 17.6 Å². The lowest BCUT2D eigenvalue weighted by atomic mass is 10.2. The molecule has 3 nitrogen and oxygen atoms in total. The highest BCUT2D eigenvalue weighted by Crippen LogP contribution is 2.16. The Kier molecular flexibility index (Phi) is 4.97. The van der Waals surface area contributed by atoms with Gasteiger partial charge < -0.3 is 10.5 Å². The average Bonchev–Trinajstić information content (AvgIpc) is 2.47. The molecule has 0 aliphatic rings. The first-order valence-electron chi connectivity index (χ1n) is 6.20. The molecule has 3 heteroatoms. The highest BCUT2D eigenvalue weighted by atomic mass is 16.5. The van der Waals surface area contributed by atoms with Gasteiger partial charge in [-0.1, -0.05) is 30.0 Å².